The molecule has 0 unspecified atom stereocenters. The lowest BCUT2D eigenvalue weighted by atomic mass is 10.1. The fourth-order valence-corrected chi connectivity index (χ4v) is 4.08. The number of nitrogens with zero attached hydrogens (tertiary/aromatic N) is 2. The van der Waals surface area contributed by atoms with E-state index in [1.54, 1.807) is 29.3 Å². The highest BCUT2D eigenvalue weighted by Crippen LogP contribution is 2.23. The average Bonchev–Trinajstić information content (AvgIpc) is 3.26. The van der Waals surface area contributed by atoms with Crippen molar-refractivity contribution in [2.75, 3.05) is 16.8 Å². The van der Waals surface area contributed by atoms with Gasteiger partial charge in [-0.1, -0.05) is 36.6 Å². The van der Waals surface area contributed by atoms with E-state index in [1.165, 1.54) is 0 Å². The van der Waals surface area contributed by atoms with Crippen molar-refractivity contribution in [2.24, 2.45) is 0 Å². The Hall–Kier alpha value is -3.22. The third kappa shape index (κ3) is 6.90. The second-order valence-corrected chi connectivity index (χ2v) is 8.44. The molecule has 1 aromatic carbocycles. The van der Waals surface area contributed by atoms with Gasteiger partial charge < -0.3 is 15.5 Å². The molecule has 1 aromatic heterocycles. The Kier molecular flexibility index (Phi) is 8.36. The second kappa shape index (κ2) is 11.4. The lowest BCUT2D eigenvalue weighted by Crippen LogP contribution is -2.44. The van der Waals surface area contributed by atoms with Gasteiger partial charge in [-0.25, -0.2) is 4.98 Å². The van der Waals surface area contributed by atoms with Crippen LogP contribution in [0.1, 0.15) is 56.1 Å². The normalized spacial score (nSPS) is 13.6. The van der Waals surface area contributed by atoms with E-state index in [9.17, 15) is 14.4 Å². The fourth-order valence-electron chi connectivity index (χ4n) is 4.08. The van der Waals surface area contributed by atoms with Crippen molar-refractivity contribution in [1.82, 2.24) is 10.3 Å². The lowest BCUT2D eigenvalue weighted by molar-refractivity contribution is -0.124. The number of carbonyl (C=O) groups is 3. The van der Waals surface area contributed by atoms with Gasteiger partial charge in [0, 0.05) is 30.8 Å². The maximum atomic E-state index is 13.1. The molecule has 7 nitrogen and oxygen atoms in total. The second-order valence-electron chi connectivity index (χ2n) is 8.44. The molecule has 0 bridgehead atoms. The van der Waals surface area contributed by atoms with Crippen LogP contribution in [0, 0.1) is 13.8 Å². The first-order valence-corrected chi connectivity index (χ1v) is 11.3. The van der Waals surface area contributed by atoms with Crippen molar-refractivity contribution < 1.29 is 14.4 Å². The summed E-state index contributed by atoms with van der Waals surface area (Å²) in [7, 11) is 0. The van der Waals surface area contributed by atoms with E-state index in [0.29, 0.717) is 12.2 Å². The third-order valence-corrected chi connectivity index (χ3v) is 5.69. The zero-order valence-electron chi connectivity index (χ0n) is 18.9. The smallest absolute Gasteiger partial charge is 0.240 e. The molecule has 1 saturated carbocycles. The number of rotatable bonds is 9. The predicted molar refractivity (Wildman–Crippen MR) is 125 cm³/mol. The number of pyridine rings is 1. The monoisotopic (exact) mass is 436 g/mol. The van der Waals surface area contributed by atoms with Crippen LogP contribution < -0.4 is 15.5 Å². The van der Waals surface area contributed by atoms with Crippen LogP contribution in [0.3, 0.4) is 0 Å². The van der Waals surface area contributed by atoms with Crippen LogP contribution in [0.2, 0.25) is 0 Å². The van der Waals surface area contributed by atoms with Gasteiger partial charge >= 0.3 is 0 Å². The largest absolute Gasteiger partial charge is 0.352 e. The number of hydrogen-bond acceptors (Lipinski definition) is 4. The summed E-state index contributed by atoms with van der Waals surface area (Å²) in [5.41, 5.74) is 2.78. The van der Waals surface area contributed by atoms with Crippen molar-refractivity contribution in [1.29, 1.82) is 0 Å². The van der Waals surface area contributed by atoms with Gasteiger partial charge in [-0.15, -0.1) is 0 Å². The maximum absolute atomic E-state index is 13.1. The van der Waals surface area contributed by atoms with E-state index in [-0.39, 0.29) is 43.1 Å². The molecule has 0 saturated heterocycles. The van der Waals surface area contributed by atoms with E-state index < -0.39 is 0 Å². The van der Waals surface area contributed by atoms with Crippen LogP contribution in [0.15, 0.2) is 42.6 Å². The van der Waals surface area contributed by atoms with E-state index in [2.05, 4.69) is 15.6 Å². The van der Waals surface area contributed by atoms with Crippen LogP contribution in [0.5, 0.6) is 0 Å². The summed E-state index contributed by atoms with van der Waals surface area (Å²) in [5, 5.41) is 5.79. The van der Waals surface area contributed by atoms with Crippen molar-refractivity contribution in [3.8, 4) is 0 Å². The molecule has 1 aliphatic rings. The van der Waals surface area contributed by atoms with Gasteiger partial charge in [0.15, 0.2) is 0 Å². The first-order valence-electron chi connectivity index (χ1n) is 11.3. The predicted octanol–water partition coefficient (Wildman–Crippen LogP) is 3.90. The van der Waals surface area contributed by atoms with Crippen LogP contribution in [0.25, 0.3) is 0 Å². The van der Waals surface area contributed by atoms with Gasteiger partial charge in [0.05, 0.1) is 0 Å². The van der Waals surface area contributed by atoms with Gasteiger partial charge in [0.1, 0.15) is 12.4 Å². The first-order chi connectivity index (χ1) is 15.4. The molecular formula is C25H32N4O3. The lowest BCUT2D eigenvalue weighted by Gasteiger charge is -2.25. The minimum absolute atomic E-state index is 0.0145. The van der Waals surface area contributed by atoms with Gasteiger partial charge in [0.25, 0.3) is 0 Å². The molecule has 0 aliphatic heterocycles. The molecular weight excluding hydrogens is 404 g/mol. The number of benzene rings is 1. The summed E-state index contributed by atoms with van der Waals surface area (Å²) >= 11 is 0. The number of nitrogens with one attached hydrogen (secondary N) is 2. The van der Waals surface area contributed by atoms with Crippen LogP contribution >= 0.6 is 0 Å². The first kappa shape index (κ1) is 23.4. The number of aromatic nitrogens is 1. The highest BCUT2D eigenvalue weighted by atomic mass is 16.2. The number of anilines is 2. The molecule has 1 aliphatic carbocycles. The van der Waals surface area contributed by atoms with Gasteiger partial charge in [-0.05, 0) is 56.9 Å². The molecule has 32 heavy (non-hydrogen) atoms. The third-order valence-electron chi connectivity index (χ3n) is 5.69. The molecule has 2 N–H and O–H groups in total. The highest BCUT2D eigenvalue weighted by molar-refractivity contribution is 5.99. The summed E-state index contributed by atoms with van der Waals surface area (Å²) in [5.74, 6) is 0.000131. The minimum Gasteiger partial charge on any atom is -0.352 e. The van der Waals surface area contributed by atoms with Gasteiger partial charge in [-0.3, -0.25) is 14.4 Å². The number of amides is 3. The summed E-state index contributed by atoms with van der Waals surface area (Å²) in [4.78, 5) is 43.5. The SMILES string of the molecule is Cc1ccc(N(CC(=O)NC2CCCC2)C(=O)CCCC(=O)Nc2ccccn2)c(C)c1. The number of hydrogen-bond donors (Lipinski definition) is 2. The Morgan fingerprint density at radius 2 is 1.81 bits per heavy atom. The highest BCUT2D eigenvalue weighted by Gasteiger charge is 2.23. The molecule has 1 fully saturated rings. The summed E-state index contributed by atoms with van der Waals surface area (Å²) in [6.45, 7) is 3.92. The van der Waals surface area contributed by atoms with E-state index in [0.717, 1.165) is 42.5 Å². The topological polar surface area (TPSA) is 91.4 Å². The van der Waals surface area contributed by atoms with Crippen molar-refractivity contribution in [3.63, 3.8) is 0 Å². The molecule has 1 heterocycles. The standard InChI is InChI=1S/C25H32N4O3/c1-18-13-14-21(19(2)16-18)29(17-24(31)27-20-8-3-4-9-20)25(32)12-7-11-23(30)28-22-10-5-6-15-26-22/h5-6,10,13-16,20H,3-4,7-9,11-12,17H2,1-2H3,(H,27,31)(H,26,28,30). The maximum Gasteiger partial charge on any atom is 0.240 e. The van der Waals surface area contributed by atoms with E-state index in [1.807, 2.05) is 32.0 Å². The van der Waals surface area contributed by atoms with Crippen LogP contribution in [0.4, 0.5) is 11.5 Å². The van der Waals surface area contributed by atoms with Crippen molar-refractivity contribution in [3.05, 3.63) is 53.7 Å². The zero-order valence-corrected chi connectivity index (χ0v) is 18.9. The number of carbonyl (C=O) groups excluding carboxylic acids is 3. The van der Waals surface area contributed by atoms with E-state index in [4.69, 9.17) is 0 Å². The molecule has 0 atom stereocenters. The Morgan fingerprint density at radius 3 is 2.50 bits per heavy atom. The van der Waals surface area contributed by atoms with Gasteiger partial charge in [0.2, 0.25) is 17.7 Å². The number of aryl methyl sites for hydroxylation is 2. The van der Waals surface area contributed by atoms with Crippen molar-refractivity contribution >= 4 is 29.2 Å². The summed E-state index contributed by atoms with van der Waals surface area (Å²) < 4.78 is 0. The minimum atomic E-state index is -0.187. The van der Waals surface area contributed by atoms with Crippen LogP contribution in [-0.2, 0) is 14.4 Å². The molecule has 170 valence electrons. The van der Waals surface area contributed by atoms with Gasteiger partial charge in [-0.2, -0.15) is 0 Å². The molecule has 3 amide bonds. The zero-order chi connectivity index (χ0) is 22.9. The fraction of sp³-hybridized carbons (Fsp3) is 0.440. The Morgan fingerprint density at radius 1 is 1.03 bits per heavy atom. The summed E-state index contributed by atoms with van der Waals surface area (Å²) in [6, 6.07) is 11.3. The Bertz CT molecular complexity index is 939. The molecule has 7 heteroatoms. The van der Waals surface area contributed by atoms with E-state index >= 15 is 0 Å². The summed E-state index contributed by atoms with van der Waals surface area (Å²) in [6.07, 6.45) is 6.64. The molecule has 0 radical (unpaired) electrons. The molecule has 0 spiro atoms. The average molecular weight is 437 g/mol. The molecule has 3 rings (SSSR count). The quantitative estimate of drug-likeness (QED) is 0.624. The molecule has 2 aromatic rings. The van der Waals surface area contributed by atoms with Crippen LogP contribution in [-0.4, -0.2) is 35.3 Å². The Balaban J connectivity index is 1.60. The van der Waals surface area contributed by atoms with Crippen molar-refractivity contribution in [2.45, 2.75) is 64.8 Å². The Labute approximate surface area is 189 Å².